The fraction of sp³-hybridized carbons (Fsp3) is 0.533. The van der Waals surface area contributed by atoms with Crippen LogP contribution in [-0.2, 0) is 36.4 Å². The average Bonchev–Trinajstić information content (AvgIpc) is 3.28. The molecule has 40 heavy (non-hydrogen) atoms. The van der Waals surface area contributed by atoms with Gasteiger partial charge < -0.3 is 15.0 Å². The van der Waals surface area contributed by atoms with Crippen molar-refractivity contribution in [3.8, 4) is 0 Å². The van der Waals surface area contributed by atoms with Gasteiger partial charge >= 0.3 is 0 Å². The Bertz CT molecular complexity index is 1290. The molecule has 10 heteroatoms. The molecule has 2 saturated heterocycles. The minimum absolute atomic E-state index is 0.0891. The molecule has 0 aromatic heterocycles. The third-order valence-corrected chi connectivity index (χ3v) is 9.59. The van der Waals surface area contributed by atoms with E-state index < -0.39 is 16.1 Å². The molecule has 0 bridgehead atoms. The van der Waals surface area contributed by atoms with E-state index in [1.807, 2.05) is 54.6 Å². The van der Waals surface area contributed by atoms with Gasteiger partial charge in [-0.1, -0.05) is 55.0 Å². The Balaban J connectivity index is 1.25. The van der Waals surface area contributed by atoms with Crippen LogP contribution in [0.25, 0.3) is 0 Å². The lowest BCUT2D eigenvalue weighted by atomic mass is 9.74. The zero-order valence-electron chi connectivity index (χ0n) is 23.3. The average molecular weight is 569 g/mol. The van der Waals surface area contributed by atoms with Crippen LogP contribution in [0.1, 0.15) is 43.2 Å². The van der Waals surface area contributed by atoms with Crippen molar-refractivity contribution < 1.29 is 22.7 Å². The molecule has 1 N–H and O–H groups in total. The second-order valence-electron chi connectivity index (χ2n) is 11.4. The largest absolute Gasteiger partial charge is 0.374 e. The molecule has 0 aliphatic carbocycles. The standard InChI is InChI=1S/C30H40N4O5S/c1-40(37,38)34-23-30(25-12-6-7-13-27(25)34)14-18-33(19-15-30)29(36)26(22-39-21-24-10-4-2-5-11-24)31-28(35)20-32-16-8-3-9-17-32/h2,4-7,10-13,26H,3,8-9,14-23H2,1H3,(H,31,35)/t26-/m1/s1. The Morgan fingerprint density at radius 1 is 0.950 bits per heavy atom. The molecule has 1 atom stereocenters. The highest BCUT2D eigenvalue weighted by Crippen LogP contribution is 2.47. The lowest BCUT2D eigenvalue weighted by molar-refractivity contribution is -0.140. The number of fused-ring (bicyclic) bond motifs is 2. The van der Waals surface area contributed by atoms with Crippen molar-refractivity contribution >= 4 is 27.5 Å². The van der Waals surface area contributed by atoms with E-state index in [1.165, 1.54) is 17.0 Å². The topological polar surface area (TPSA) is 99.3 Å². The highest BCUT2D eigenvalue weighted by molar-refractivity contribution is 7.92. The summed E-state index contributed by atoms with van der Waals surface area (Å²) in [5.41, 5.74) is 2.45. The Kier molecular flexibility index (Phi) is 8.77. The van der Waals surface area contributed by atoms with Crippen LogP contribution in [0.5, 0.6) is 0 Å². The van der Waals surface area contributed by atoms with Crippen LogP contribution < -0.4 is 9.62 Å². The molecule has 3 heterocycles. The zero-order chi connectivity index (χ0) is 28.2. The molecule has 3 aliphatic rings. The molecular formula is C30H40N4O5S. The van der Waals surface area contributed by atoms with E-state index in [0.717, 1.165) is 42.7 Å². The molecule has 2 amide bonds. The summed E-state index contributed by atoms with van der Waals surface area (Å²) in [5, 5.41) is 2.97. The van der Waals surface area contributed by atoms with Gasteiger partial charge in [-0.05, 0) is 56.0 Å². The van der Waals surface area contributed by atoms with Gasteiger partial charge in [-0.2, -0.15) is 0 Å². The number of likely N-dealkylation sites (tertiary alicyclic amines) is 2. The zero-order valence-corrected chi connectivity index (χ0v) is 24.1. The van der Waals surface area contributed by atoms with Gasteiger partial charge in [-0.3, -0.25) is 18.8 Å². The quantitative estimate of drug-likeness (QED) is 0.499. The van der Waals surface area contributed by atoms with Crippen molar-refractivity contribution in [1.29, 1.82) is 0 Å². The van der Waals surface area contributed by atoms with Crippen LogP contribution in [0.15, 0.2) is 54.6 Å². The number of sulfonamides is 1. The van der Waals surface area contributed by atoms with Crippen LogP contribution in [0, 0.1) is 0 Å². The van der Waals surface area contributed by atoms with Crippen molar-refractivity contribution in [2.45, 2.75) is 50.2 Å². The Hall–Kier alpha value is -2.95. The van der Waals surface area contributed by atoms with Crippen LogP contribution in [-0.4, -0.2) is 88.2 Å². The number of anilines is 1. The normalized spacial score (nSPS) is 19.8. The molecule has 2 aromatic rings. The number of carbonyl (C=O) groups excluding carboxylic acids is 2. The fourth-order valence-electron chi connectivity index (χ4n) is 6.29. The molecule has 3 aliphatic heterocycles. The summed E-state index contributed by atoms with van der Waals surface area (Å²) in [5.74, 6) is -0.313. The van der Waals surface area contributed by atoms with Gasteiger partial charge in [0.25, 0.3) is 0 Å². The monoisotopic (exact) mass is 568 g/mol. The predicted octanol–water partition coefficient (Wildman–Crippen LogP) is 2.51. The number of hydrogen-bond acceptors (Lipinski definition) is 6. The molecule has 2 fully saturated rings. The SMILES string of the molecule is CS(=O)(=O)N1CC2(CCN(C(=O)[C@@H](COCc3ccccc3)NC(=O)CN3CCCCC3)CC2)c2ccccc21. The van der Waals surface area contributed by atoms with Gasteiger partial charge in [-0.15, -0.1) is 0 Å². The maximum atomic E-state index is 13.8. The second-order valence-corrected chi connectivity index (χ2v) is 13.3. The number of carbonyl (C=O) groups is 2. The smallest absolute Gasteiger partial charge is 0.247 e. The molecule has 1 spiro atoms. The first kappa shape index (κ1) is 28.6. The molecule has 5 rings (SSSR count). The van der Waals surface area contributed by atoms with E-state index in [-0.39, 0.29) is 30.4 Å². The number of ether oxygens (including phenoxy) is 1. The molecule has 9 nitrogen and oxygen atoms in total. The van der Waals surface area contributed by atoms with Gasteiger partial charge in [0, 0.05) is 25.0 Å². The molecule has 2 aromatic carbocycles. The summed E-state index contributed by atoms with van der Waals surface area (Å²) < 4.78 is 32.5. The number of para-hydroxylation sites is 1. The molecular weight excluding hydrogens is 528 g/mol. The maximum absolute atomic E-state index is 13.8. The molecule has 0 saturated carbocycles. The lowest BCUT2D eigenvalue weighted by Crippen LogP contribution is -2.56. The van der Waals surface area contributed by atoms with Gasteiger partial charge in [-0.25, -0.2) is 8.42 Å². The third kappa shape index (κ3) is 6.50. The van der Waals surface area contributed by atoms with Gasteiger partial charge in [0.2, 0.25) is 21.8 Å². The number of hydrogen-bond donors (Lipinski definition) is 1. The number of nitrogens with zero attached hydrogens (tertiary/aromatic N) is 3. The minimum Gasteiger partial charge on any atom is -0.374 e. The number of rotatable bonds is 9. The van der Waals surface area contributed by atoms with Crippen molar-refractivity contribution in [3.05, 3.63) is 65.7 Å². The second kappa shape index (κ2) is 12.3. The van der Waals surface area contributed by atoms with Crippen LogP contribution in [0.4, 0.5) is 5.69 Å². The Morgan fingerprint density at radius 2 is 1.62 bits per heavy atom. The highest BCUT2D eigenvalue weighted by atomic mass is 32.2. The number of benzene rings is 2. The first-order chi connectivity index (χ1) is 19.2. The van der Waals surface area contributed by atoms with Crippen LogP contribution >= 0.6 is 0 Å². The van der Waals surface area contributed by atoms with E-state index in [9.17, 15) is 18.0 Å². The van der Waals surface area contributed by atoms with Crippen LogP contribution in [0.3, 0.4) is 0 Å². The van der Waals surface area contributed by atoms with E-state index in [2.05, 4.69) is 10.2 Å². The summed E-state index contributed by atoms with van der Waals surface area (Å²) in [6.45, 7) is 3.89. The van der Waals surface area contributed by atoms with Crippen LogP contribution in [0.2, 0.25) is 0 Å². The first-order valence-corrected chi connectivity index (χ1v) is 16.1. The minimum atomic E-state index is -3.41. The van der Waals surface area contributed by atoms with Crippen molar-refractivity contribution in [1.82, 2.24) is 15.1 Å². The van der Waals surface area contributed by atoms with Gasteiger partial charge in [0.05, 0.1) is 31.7 Å². The van der Waals surface area contributed by atoms with Crippen molar-refractivity contribution in [2.24, 2.45) is 0 Å². The van der Waals surface area contributed by atoms with Gasteiger partial charge in [0.15, 0.2) is 0 Å². The number of nitrogens with one attached hydrogen (secondary N) is 1. The van der Waals surface area contributed by atoms with Crippen molar-refractivity contribution in [2.75, 3.05) is 56.4 Å². The Labute approximate surface area is 237 Å². The summed E-state index contributed by atoms with van der Waals surface area (Å²) in [7, 11) is -3.41. The highest BCUT2D eigenvalue weighted by Gasteiger charge is 2.47. The third-order valence-electron chi connectivity index (χ3n) is 8.47. The van der Waals surface area contributed by atoms with E-state index >= 15 is 0 Å². The van der Waals surface area contributed by atoms with Gasteiger partial charge in [0.1, 0.15) is 6.04 Å². The predicted molar refractivity (Wildman–Crippen MR) is 154 cm³/mol. The van der Waals surface area contributed by atoms with E-state index in [0.29, 0.717) is 39.1 Å². The number of amides is 2. The number of piperidine rings is 2. The molecule has 0 unspecified atom stereocenters. The summed E-state index contributed by atoms with van der Waals surface area (Å²) in [6.07, 6.45) is 5.92. The molecule has 216 valence electrons. The van der Waals surface area contributed by atoms with Crippen molar-refractivity contribution in [3.63, 3.8) is 0 Å². The molecule has 0 radical (unpaired) electrons. The maximum Gasteiger partial charge on any atom is 0.247 e. The summed E-state index contributed by atoms with van der Waals surface area (Å²) in [4.78, 5) is 30.7. The van der Waals surface area contributed by atoms with E-state index in [4.69, 9.17) is 4.74 Å². The first-order valence-electron chi connectivity index (χ1n) is 14.2. The van der Waals surface area contributed by atoms with E-state index in [1.54, 1.807) is 4.90 Å². The fourth-order valence-corrected chi connectivity index (χ4v) is 7.29. The summed E-state index contributed by atoms with van der Waals surface area (Å²) in [6, 6.07) is 16.7. The lowest BCUT2D eigenvalue weighted by Gasteiger charge is -2.41. The summed E-state index contributed by atoms with van der Waals surface area (Å²) >= 11 is 0. The Morgan fingerprint density at radius 3 is 2.33 bits per heavy atom.